The van der Waals surface area contributed by atoms with Crippen molar-refractivity contribution in [2.75, 3.05) is 13.1 Å². The van der Waals surface area contributed by atoms with Crippen molar-refractivity contribution in [3.63, 3.8) is 0 Å². The van der Waals surface area contributed by atoms with Crippen molar-refractivity contribution >= 4 is 52.9 Å². The maximum Gasteiger partial charge on any atom is 0.329 e. The lowest BCUT2D eigenvalue weighted by Crippen LogP contribution is -2.47. The smallest absolute Gasteiger partial charge is 0.329 e. The monoisotopic (exact) mass is 427 g/mol. The summed E-state index contributed by atoms with van der Waals surface area (Å²) in [5.74, 6) is -3.11. The summed E-state index contributed by atoms with van der Waals surface area (Å²) < 4.78 is 5.08. The second kappa shape index (κ2) is 7.40. The summed E-state index contributed by atoms with van der Waals surface area (Å²) in [5.41, 5.74) is 0.0498. The van der Waals surface area contributed by atoms with Crippen LogP contribution in [0.3, 0.4) is 0 Å². The minimum absolute atomic E-state index is 0.0249. The zero-order valence-electron chi connectivity index (χ0n) is 14.8. The van der Waals surface area contributed by atoms with Crippen molar-refractivity contribution in [3.8, 4) is 0 Å². The van der Waals surface area contributed by atoms with Gasteiger partial charge in [0, 0.05) is 13.1 Å². The van der Waals surface area contributed by atoms with Crippen LogP contribution in [0.5, 0.6) is 0 Å². The number of ether oxygens (including phenoxy) is 1. The number of amides is 5. The van der Waals surface area contributed by atoms with Gasteiger partial charge in [-0.15, -0.1) is 0 Å². The van der Waals surface area contributed by atoms with Gasteiger partial charge in [-0.3, -0.25) is 24.2 Å². The second-order valence-corrected chi connectivity index (χ2v) is 7.08. The fourth-order valence-electron chi connectivity index (χ4n) is 2.93. The quantitative estimate of drug-likeness (QED) is 0.574. The third-order valence-corrected chi connectivity index (χ3v) is 5.17. The lowest BCUT2D eigenvalue weighted by Gasteiger charge is -2.24. The number of halogens is 2. The first-order valence-electron chi connectivity index (χ1n) is 8.30. The van der Waals surface area contributed by atoms with Crippen LogP contribution in [-0.4, -0.2) is 64.8 Å². The normalized spacial score (nSPS) is 18.1. The Labute approximate surface area is 169 Å². The summed E-state index contributed by atoms with van der Waals surface area (Å²) >= 11 is 11.8. The van der Waals surface area contributed by atoms with E-state index < -0.39 is 41.9 Å². The molecule has 1 N–H and O–H groups in total. The number of urea groups is 1. The summed E-state index contributed by atoms with van der Waals surface area (Å²) in [6, 6.07) is 0.647. The van der Waals surface area contributed by atoms with E-state index in [9.17, 15) is 24.0 Å². The van der Waals surface area contributed by atoms with E-state index in [1.807, 2.05) is 0 Å². The SMILES string of the molecule is C[C@H](C(=O)O[C@H](C)C(=O)N1CCNC1=O)N1C(=O)c2cc(Cl)c(Cl)cc2C1=O. The van der Waals surface area contributed by atoms with Crippen LogP contribution in [0.1, 0.15) is 34.6 Å². The number of esters is 1. The molecular weight excluding hydrogens is 413 g/mol. The number of carbonyl (C=O) groups is 5. The summed E-state index contributed by atoms with van der Waals surface area (Å²) in [6.07, 6.45) is -1.27. The topological polar surface area (TPSA) is 113 Å². The Kier molecular flexibility index (Phi) is 5.31. The number of nitrogens with one attached hydrogen (secondary N) is 1. The van der Waals surface area contributed by atoms with Crippen LogP contribution in [0.2, 0.25) is 10.0 Å². The molecule has 2 aliphatic heterocycles. The Hall–Kier alpha value is -2.65. The summed E-state index contributed by atoms with van der Waals surface area (Å²) in [4.78, 5) is 63.0. The molecule has 1 fully saturated rings. The predicted molar refractivity (Wildman–Crippen MR) is 97.1 cm³/mol. The standard InChI is InChI=1S/C17H15Cl2N3O6/c1-7(16(26)28-8(2)13(23)21-4-3-20-17(21)27)22-14(24)9-5-11(18)12(19)6-10(9)15(22)25/h5-8H,3-4H2,1-2H3,(H,20,27)/t7-,8-/m1/s1. The molecule has 5 amide bonds. The average Bonchev–Trinajstić information content (AvgIpc) is 3.16. The van der Waals surface area contributed by atoms with E-state index in [0.29, 0.717) is 6.54 Å². The highest BCUT2D eigenvalue weighted by Crippen LogP contribution is 2.32. The first-order chi connectivity index (χ1) is 13.1. The van der Waals surface area contributed by atoms with Gasteiger partial charge in [0.05, 0.1) is 21.2 Å². The van der Waals surface area contributed by atoms with Crippen LogP contribution in [0, 0.1) is 0 Å². The van der Waals surface area contributed by atoms with Crippen molar-refractivity contribution in [2.45, 2.75) is 26.0 Å². The molecule has 0 saturated carbocycles. The number of rotatable bonds is 4. The fourth-order valence-corrected chi connectivity index (χ4v) is 3.26. The first kappa shape index (κ1) is 20.1. The van der Waals surface area contributed by atoms with Gasteiger partial charge in [-0.05, 0) is 26.0 Å². The Morgan fingerprint density at radius 2 is 1.61 bits per heavy atom. The molecule has 148 valence electrons. The maximum absolute atomic E-state index is 12.6. The minimum Gasteiger partial charge on any atom is -0.451 e. The molecule has 0 radical (unpaired) electrons. The van der Waals surface area contributed by atoms with E-state index in [0.717, 1.165) is 9.80 Å². The van der Waals surface area contributed by atoms with Crippen LogP contribution in [0.25, 0.3) is 0 Å². The van der Waals surface area contributed by atoms with Gasteiger partial charge in [-0.25, -0.2) is 9.59 Å². The van der Waals surface area contributed by atoms with Gasteiger partial charge in [0.15, 0.2) is 6.10 Å². The zero-order chi connectivity index (χ0) is 20.7. The maximum atomic E-state index is 12.6. The number of carbonyl (C=O) groups excluding carboxylic acids is 5. The Bertz CT molecular complexity index is 877. The lowest BCUT2D eigenvalue weighted by molar-refractivity contribution is -0.160. The van der Waals surface area contributed by atoms with E-state index >= 15 is 0 Å². The summed E-state index contributed by atoms with van der Waals surface area (Å²) in [7, 11) is 0. The Morgan fingerprint density at radius 1 is 1.07 bits per heavy atom. The number of benzene rings is 1. The highest BCUT2D eigenvalue weighted by atomic mass is 35.5. The van der Waals surface area contributed by atoms with Crippen LogP contribution < -0.4 is 5.32 Å². The molecule has 9 nitrogen and oxygen atoms in total. The highest BCUT2D eigenvalue weighted by Gasteiger charge is 2.43. The highest BCUT2D eigenvalue weighted by molar-refractivity contribution is 6.43. The van der Waals surface area contributed by atoms with Gasteiger partial charge < -0.3 is 10.1 Å². The van der Waals surface area contributed by atoms with E-state index in [2.05, 4.69) is 5.32 Å². The Balaban J connectivity index is 1.73. The minimum atomic E-state index is -1.30. The fraction of sp³-hybridized carbons (Fsp3) is 0.353. The van der Waals surface area contributed by atoms with Gasteiger partial charge in [0.25, 0.3) is 17.7 Å². The molecule has 3 rings (SSSR count). The third kappa shape index (κ3) is 3.31. The Morgan fingerprint density at radius 3 is 2.07 bits per heavy atom. The third-order valence-electron chi connectivity index (χ3n) is 4.45. The number of imide groups is 2. The largest absolute Gasteiger partial charge is 0.451 e. The second-order valence-electron chi connectivity index (χ2n) is 6.27. The molecule has 1 aromatic rings. The van der Waals surface area contributed by atoms with Crippen LogP contribution in [0.4, 0.5) is 4.79 Å². The molecule has 0 aliphatic carbocycles. The van der Waals surface area contributed by atoms with Gasteiger partial charge in [-0.1, -0.05) is 23.2 Å². The molecule has 2 heterocycles. The molecule has 1 saturated heterocycles. The molecule has 0 aromatic heterocycles. The van der Waals surface area contributed by atoms with Gasteiger partial charge in [0.1, 0.15) is 6.04 Å². The first-order valence-corrected chi connectivity index (χ1v) is 9.05. The molecule has 0 unspecified atom stereocenters. The van der Waals surface area contributed by atoms with Crippen LogP contribution in [-0.2, 0) is 14.3 Å². The predicted octanol–water partition coefficient (Wildman–Crippen LogP) is 1.46. The van der Waals surface area contributed by atoms with Crippen molar-refractivity contribution < 1.29 is 28.7 Å². The average molecular weight is 428 g/mol. The van der Waals surface area contributed by atoms with Crippen molar-refractivity contribution in [3.05, 3.63) is 33.3 Å². The number of hydrogen-bond donors (Lipinski definition) is 1. The number of nitrogens with zero attached hydrogens (tertiary/aromatic N) is 2. The van der Waals surface area contributed by atoms with E-state index in [1.54, 1.807) is 0 Å². The summed E-state index contributed by atoms with van der Waals surface area (Å²) in [5, 5.41) is 2.66. The summed E-state index contributed by atoms with van der Waals surface area (Å²) in [6.45, 7) is 3.07. The van der Waals surface area contributed by atoms with Crippen LogP contribution >= 0.6 is 23.2 Å². The zero-order valence-corrected chi connectivity index (χ0v) is 16.3. The van der Waals surface area contributed by atoms with Crippen molar-refractivity contribution in [1.82, 2.24) is 15.1 Å². The van der Waals surface area contributed by atoms with Gasteiger partial charge >= 0.3 is 12.0 Å². The molecule has 2 aliphatic rings. The van der Waals surface area contributed by atoms with E-state index in [-0.39, 0.29) is 27.7 Å². The number of fused-ring (bicyclic) bond motifs is 1. The number of hydrogen-bond acceptors (Lipinski definition) is 6. The van der Waals surface area contributed by atoms with E-state index in [1.165, 1.54) is 26.0 Å². The molecule has 1 aromatic carbocycles. The molecule has 2 atom stereocenters. The van der Waals surface area contributed by atoms with Crippen molar-refractivity contribution in [2.24, 2.45) is 0 Å². The van der Waals surface area contributed by atoms with E-state index in [4.69, 9.17) is 27.9 Å². The van der Waals surface area contributed by atoms with Crippen molar-refractivity contribution in [1.29, 1.82) is 0 Å². The van der Waals surface area contributed by atoms with Gasteiger partial charge in [-0.2, -0.15) is 0 Å². The lowest BCUT2D eigenvalue weighted by atomic mass is 10.1. The molecule has 0 bridgehead atoms. The molecular formula is C17H15Cl2N3O6. The van der Waals surface area contributed by atoms with Gasteiger partial charge in [0.2, 0.25) is 0 Å². The van der Waals surface area contributed by atoms with Crippen LogP contribution in [0.15, 0.2) is 12.1 Å². The molecule has 0 spiro atoms. The molecule has 28 heavy (non-hydrogen) atoms. The molecule has 11 heteroatoms.